The van der Waals surface area contributed by atoms with Crippen molar-refractivity contribution in [2.45, 2.75) is 20.8 Å². The Morgan fingerprint density at radius 2 is 1.11 bits per heavy atom. The van der Waals surface area contributed by atoms with Gasteiger partial charge >= 0.3 is 0 Å². The van der Waals surface area contributed by atoms with Gasteiger partial charge in [-0.1, -0.05) is 83.4 Å². The molecule has 0 amide bonds. The lowest BCUT2D eigenvalue weighted by atomic mass is 10.00. The van der Waals surface area contributed by atoms with E-state index >= 15 is 0 Å². The average Bonchev–Trinajstić information content (AvgIpc) is 3.58. The number of halogens is 1. The molecule has 0 atom stereocenters. The SMILES string of the molecule is Cc1cc(C)cc(-c2ccc3c(c2)cc2n(-c4cc(C)cc(N5c6ccccc6Oc6ccccc65)c4Cl)c4ccccc4n32)c1. The number of aryl methyl sites for hydroxylation is 3. The van der Waals surface area contributed by atoms with Crippen molar-refractivity contribution in [1.82, 2.24) is 8.97 Å². The summed E-state index contributed by atoms with van der Waals surface area (Å²) in [5.74, 6) is 1.60. The summed E-state index contributed by atoms with van der Waals surface area (Å²) in [7, 11) is 0. The van der Waals surface area contributed by atoms with E-state index in [1.165, 1.54) is 27.6 Å². The average molecular weight is 616 g/mol. The molecular formula is C41H30ClN3O. The molecule has 46 heavy (non-hydrogen) atoms. The second-order valence-electron chi connectivity index (χ2n) is 12.3. The first kappa shape index (κ1) is 26.9. The van der Waals surface area contributed by atoms with Gasteiger partial charge in [0.1, 0.15) is 5.65 Å². The maximum Gasteiger partial charge on any atom is 0.151 e. The molecular weight excluding hydrogens is 586 g/mol. The van der Waals surface area contributed by atoms with Crippen molar-refractivity contribution < 1.29 is 4.74 Å². The lowest BCUT2D eigenvalue weighted by Gasteiger charge is -2.34. The first-order valence-electron chi connectivity index (χ1n) is 15.5. The summed E-state index contributed by atoms with van der Waals surface area (Å²) in [6, 6.07) is 45.0. The third-order valence-electron chi connectivity index (χ3n) is 9.02. The van der Waals surface area contributed by atoms with Crippen LogP contribution in [0, 0.1) is 20.8 Å². The fraction of sp³-hybridized carbons (Fsp3) is 0.0732. The van der Waals surface area contributed by atoms with Gasteiger partial charge in [0.05, 0.1) is 44.3 Å². The van der Waals surface area contributed by atoms with Crippen LogP contribution in [0.3, 0.4) is 0 Å². The van der Waals surface area contributed by atoms with Gasteiger partial charge in [0, 0.05) is 5.39 Å². The Kier molecular flexibility index (Phi) is 5.87. The Morgan fingerprint density at radius 3 is 1.83 bits per heavy atom. The molecule has 6 aromatic carbocycles. The number of nitrogens with zero attached hydrogens (tertiary/aromatic N) is 3. The largest absolute Gasteiger partial charge is 0.453 e. The Labute approximate surface area is 272 Å². The van der Waals surface area contributed by atoms with E-state index in [1.54, 1.807) is 0 Å². The lowest BCUT2D eigenvalue weighted by Crippen LogP contribution is -2.16. The van der Waals surface area contributed by atoms with Crippen LogP contribution in [-0.4, -0.2) is 8.97 Å². The molecule has 0 fully saturated rings. The Hall–Kier alpha value is -5.45. The summed E-state index contributed by atoms with van der Waals surface area (Å²) in [5, 5.41) is 1.85. The topological polar surface area (TPSA) is 21.8 Å². The predicted molar refractivity (Wildman–Crippen MR) is 191 cm³/mol. The lowest BCUT2D eigenvalue weighted by molar-refractivity contribution is 0.477. The van der Waals surface area contributed by atoms with E-state index in [2.05, 4.69) is 126 Å². The first-order chi connectivity index (χ1) is 22.4. The zero-order valence-corrected chi connectivity index (χ0v) is 26.5. The van der Waals surface area contributed by atoms with Gasteiger partial charge in [0.2, 0.25) is 0 Å². The van der Waals surface area contributed by atoms with Crippen LogP contribution in [0.1, 0.15) is 16.7 Å². The molecule has 0 unspecified atom stereocenters. The van der Waals surface area contributed by atoms with Crippen LogP contribution < -0.4 is 9.64 Å². The number of hydrogen-bond acceptors (Lipinski definition) is 2. The maximum atomic E-state index is 7.56. The summed E-state index contributed by atoms with van der Waals surface area (Å²) < 4.78 is 11.0. The Balaban J connectivity index is 1.30. The van der Waals surface area contributed by atoms with Gasteiger partial charge in [0.25, 0.3) is 0 Å². The highest BCUT2D eigenvalue weighted by Crippen LogP contribution is 2.52. The molecule has 0 N–H and O–H groups in total. The molecule has 222 valence electrons. The van der Waals surface area contributed by atoms with Gasteiger partial charge in [-0.2, -0.15) is 0 Å². The molecule has 2 aromatic heterocycles. The standard InChI is InChI=1S/C41H30ClN3O/c1-25-18-26(2)20-29(19-25)28-16-17-31-30(23-28)24-40-44(31)32-10-4-5-11-33(32)45(40)37-22-27(3)21-36(41(37)42)43-34-12-6-8-14-38(34)46-39-15-9-7-13-35(39)43/h4-24H,1-3H3. The predicted octanol–water partition coefficient (Wildman–Crippen LogP) is 11.9. The second-order valence-corrected chi connectivity index (χ2v) is 12.7. The van der Waals surface area contributed by atoms with Crippen LogP contribution in [-0.2, 0) is 0 Å². The van der Waals surface area contributed by atoms with E-state index in [1.807, 2.05) is 36.4 Å². The minimum absolute atomic E-state index is 0.668. The number of rotatable bonds is 3. The number of hydrogen-bond donors (Lipinski definition) is 0. The van der Waals surface area contributed by atoms with Gasteiger partial charge < -0.3 is 9.64 Å². The minimum atomic E-state index is 0.668. The van der Waals surface area contributed by atoms with Gasteiger partial charge in [-0.05, 0) is 104 Å². The normalized spacial score (nSPS) is 12.5. The van der Waals surface area contributed by atoms with Crippen LogP contribution in [0.5, 0.6) is 11.5 Å². The third-order valence-corrected chi connectivity index (χ3v) is 9.41. The highest BCUT2D eigenvalue weighted by Gasteiger charge is 2.29. The zero-order chi connectivity index (χ0) is 31.1. The van der Waals surface area contributed by atoms with E-state index < -0.39 is 0 Å². The minimum Gasteiger partial charge on any atom is -0.453 e. The number of benzene rings is 6. The number of anilines is 3. The summed E-state index contributed by atoms with van der Waals surface area (Å²) in [5.41, 5.74) is 14.3. The molecule has 0 aliphatic carbocycles. The first-order valence-corrected chi connectivity index (χ1v) is 15.9. The molecule has 0 saturated carbocycles. The van der Waals surface area contributed by atoms with E-state index in [9.17, 15) is 0 Å². The number of imidazole rings is 1. The van der Waals surface area contributed by atoms with Crippen molar-refractivity contribution in [3.8, 4) is 28.3 Å². The van der Waals surface area contributed by atoms with E-state index in [0.717, 1.165) is 62.0 Å². The molecule has 8 aromatic rings. The molecule has 5 heteroatoms. The van der Waals surface area contributed by atoms with E-state index in [4.69, 9.17) is 16.3 Å². The molecule has 0 bridgehead atoms. The zero-order valence-electron chi connectivity index (χ0n) is 25.8. The van der Waals surface area contributed by atoms with Crippen LogP contribution >= 0.6 is 11.6 Å². The molecule has 0 saturated heterocycles. The van der Waals surface area contributed by atoms with Crippen LogP contribution in [0.4, 0.5) is 17.1 Å². The van der Waals surface area contributed by atoms with Crippen molar-refractivity contribution >= 4 is 56.2 Å². The molecule has 3 heterocycles. The van der Waals surface area contributed by atoms with Crippen LogP contribution in [0.2, 0.25) is 5.02 Å². The molecule has 1 aliphatic rings. The quantitative estimate of drug-likeness (QED) is 0.197. The maximum absolute atomic E-state index is 7.56. The molecule has 0 spiro atoms. The van der Waals surface area contributed by atoms with E-state index in [-0.39, 0.29) is 0 Å². The molecule has 4 nitrogen and oxygen atoms in total. The van der Waals surface area contributed by atoms with Gasteiger partial charge in [-0.25, -0.2) is 0 Å². The summed E-state index contributed by atoms with van der Waals surface area (Å²) >= 11 is 7.56. The fourth-order valence-corrected chi connectivity index (χ4v) is 7.46. The number of ether oxygens (including phenoxy) is 1. The van der Waals surface area contributed by atoms with Gasteiger partial charge in [0.15, 0.2) is 11.5 Å². The number of para-hydroxylation sites is 6. The summed E-state index contributed by atoms with van der Waals surface area (Å²) in [6.45, 7) is 6.45. The van der Waals surface area contributed by atoms with Crippen molar-refractivity contribution in [3.05, 3.63) is 149 Å². The fourth-order valence-electron chi connectivity index (χ4n) is 7.18. The summed E-state index contributed by atoms with van der Waals surface area (Å²) in [6.07, 6.45) is 0. The van der Waals surface area contributed by atoms with Gasteiger partial charge in [-0.15, -0.1) is 0 Å². The van der Waals surface area contributed by atoms with Crippen molar-refractivity contribution in [3.63, 3.8) is 0 Å². The second kappa shape index (κ2) is 10.0. The molecule has 1 aliphatic heterocycles. The highest BCUT2D eigenvalue weighted by atomic mass is 35.5. The van der Waals surface area contributed by atoms with Gasteiger partial charge in [-0.3, -0.25) is 8.97 Å². The smallest absolute Gasteiger partial charge is 0.151 e. The molecule has 9 rings (SSSR count). The third kappa shape index (κ3) is 4.00. The number of fused-ring (bicyclic) bond motifs is 7. The number of aromatic nitrogens is 2. The van der Waals surface area contributed by atoms with E-state index in [0.29, 0.717) is 5.02 Å². The Bertz CT molecular complexity index is 2450. The van der Waals surface area contributed by atoms with Crippen molar-refractivity contribution in [2.24, 2.45) is 0 Å². The monoisotopic (exact) mass is 615 g/mol. The van der Waals surface area contributed by atoms with Crippen molar-refractivity contribution in [2.75, 3.05) is 4.90 Å². The van der Waals surface area contributed by atoms with Crippen LogP contribution in [0.15, 0.2) is 127 Å². The highest BCUT2D eigenvalue weighted by molar-refractivity contribution is 6.35. The summed E-state index contributed by atoms with van der Waals surface area (Å²) in [4.78, 5) is 2.22. The Morgan fingerprint density at radius 1 is 0.500 bits per heavy atom. The van der Waals surface area contributed by atoms with Crippen molar-refractivity contribution in [1.29, 1.82) is 0 Å². The molecule has 0 radical (unpaired) electrons. The van der Waals surface area contributed by atoms with Crippen LogP contribution in [0.25, 0.3) is 44.4 Å².